The standard InChI is InChI=1S/C12H12BrN3/c1-8-3-2-4-10(14)12(8)16-9-5-6-11(13)15-7-9/h2-7,16H,14H2,1H3. The maximum Gasteiger partial charge on any atom is 0.106 e. The van der Waals surface area contributed by atoms with E-state index in [1.807, 2.05) is 37.3 Å². The Morgan fingerprint density at radius 1 is 1.25 bits per heavy atom. The van der Waals surface area contributed by atoms with Crippen LogP contribution >= 0.6 is 15.9 Å². The molecule has 0 amide bonds. The number of nitrogens with two attached hydrogens (primary N) is 1. The van der Waals surface area contributed by atoms with E-state index < -0.39 is 0 Å². The number of hydrogen-bond acceptors (Lipinski definition) is 3. The molecule has 4 heteroatoms. The molecule has 2 aromatic rings. The van der Waals surface area contributed by atoms with E-state index in [1.54, 1.807) is 6.20 Å². The molecule has 3 nitrogen and oxygen atoms in total. The number of nitrogens with one attached hydrogen (secondary N) is 1. The van der Waals surface area contributed by atoms with E-state index in [0.29, 0.717) is 0 Å². The van der Waals surface area contributed by atoms with Gasteiger partial charge in [-0.1, -0.05) is 12.1 Å². The molecule has 1 heterocycles. The van der Waals surface area contributed by atoms with Crippen molar-refractivity contribution in [2.45, 2.75) is 6.92 Å². The van der Waals surface area contributed by atoms with E-state index in [1.165, 1.54) is 0 Å². The lowest BCUT2D eigenvalue weighted by atomic mass is 10.1. The molecular weight excluding hydrogens is 266 g/mol. The van der Waals surface area contributed by atoms with Gasteiger partial charge in [-0.15, -0.1) is 0 Å². The third-order valence-electron chi connectivity index (χ3n) is 2.30. The molecule has 0 bridgehead atoms. The molecular formula is C12H12BrN3. The first-order valence-corrected chi connectivity index (χ1v) is 5.70. The fourth-order valence-corrected chi connectivity index (χ4v) is 1.69. The number of rotatable bonds is 2. The molecule has 3 N–H and O–H groups in total. The van der Waals surface area contributed by atoms with Crippen molar-refractivity contribution < 1.29 is 0 Å². The van der Waals surface area contributed by atoms with Gasteiger partial charge in [-0.25, -0.2) is 4.98 Å². The third kappa shape index (κ3) is 2.33. The fourth-order valence-electron chi connectivity index (χ4n) is 1.46. The fraction of sp³-hybridized carbons (Fsp3) is 0.0833. The van der Waals surface area contributed by atoms with Gasteiger partial charge in [0.2, 0.25) is 0 Å². The summed E-state index contributed by atoms with van der Waals surface area (Å²) in [5.74, 6) is 0. The Morgan fingerprint density at radius 2 is 2.06 bits per heavy atom. The van der Waals surface area contributed by atoms with Crippen molar-refractivity contribution >= 4 is 33.0 Å². The van der Waals surface area contributed by atoms with E-state index in [0.717, 1.165) is 27.2 Å². The van der Waals surface area contributed by atoms with Crippen LogP contribution in [0.2, 0.25) is 0 Å². The molecule has 1 aromatic heterocycles. The average molecular weight is 278 g/mol. The minimum absolute atomic E-state index is 0.739. The Kier molecular flexibility index (Phi) is 3.10. The molecule has 0 aliphatic carbocycles. The van der Waals surface area contributed by atoms with E-state index >= 15 is 0 Å². The van der Waals surface area contributed by atoms with Gasteiger partial charge in [0.15, 0.2) is 0 Å². The Balaban J connectivity index is 2.30. The second-order valence-corrected chi connectivity index (χ2v) is 4.35. The number of nitrogens with zero attached hydrogens (tertiary/aromatic N) is 1. The number of nitrogen functional groups attached to an aromatic ring is 1. The van der Waals surface area contributed by atoms with E-state index in [-0.39, 0.29) is 0 Å². The zero-order valence-corrected chi connectivity index (χ0v) is 10.5. The highest BCUT2D eigenvalue weighted by atomic mass is 79.9. The van der Waals surface area contributed by atoms with Crippen molar-refractivity contribution in [2.75, 3.05) is 11.1 Å². The SMILES string of the molecule is Cc1cccc(N)c1Nc1ccc(Br)nc1. The summed E-state index contributed by atoms with van der Waals surface area (Å²) in [4.78, 5) is 4.15. The van der Waals surface area contributed by atoms with Gasteiger partial charge in [0.05, 0.1) is 23.3 Å². The lowest BCUT2D eigenvalue weighted by Crippen LogP contribution is -1.98. The van der Waals surface area contributed by atoms with Crippen LogP contribution in [0.15, 0.2) is 41.1 Å². The molecule has 0 spiro atoms. The van der Waals surface area contributed by atoms with Gasteiger partial charge in [-0.05, 0) is 46.6 Å². The van der Waals surface area contributed by atoms with Crippen LogP contribution in [-0.2, 0) is 0 Å². The topological polar surface area (TPSA) is 50.9 Å². The summed E-state index contributed by atoms with van der Waals surface area (Å²) >= 11 is 3.30. The molecule has 1 aromatic carbocycles. The van der Waals surface area contributed by atoms with Gasteiger partial charge >= 0.3 is 0 Å². The van der Waals surface area contributed by atoms with Crippen LogP contribution in [0, 0.1) is 6.92 Å². The van der Waals surface area contributed by atoms with Crippen LogP contribution in [-0.4, -0.2) is 4.98 Å². The number of anilines is 3. The summed E-state index contributed by atoms with van der Waals surface area (Å²) in [6.45, 7) is 2.02. The number of aromatic nitrogens is 1. The van der Waals surface area contributed by atoms with Crippen molar-refractivity contribution in [3.63, 3.8) is 0 Å². The molecule has 0 saturated heterocycles. The smallest absolute Gasteiger partial charge is 0.106 e. The normalized spacial score (nSPS) is 10.1. The summed E-state index contributed by atoms with van der Waals surface area (Å²) in [5.41, 5.74) is 9.62. The first kappa shape index (κ1) is 11.0. The van der Waals surface area contributed by atoms with Crippen LogP contribution in [0.1, 0.15) is 5.56 Å². The number of benzene rings is 1. The summed E-state index contributed by atoms with van der Waals surface area (Å²) in [6.07, 6.45) is 1.76. The van der Waals surface area contributed by atoms with Gasteiger partial charge < -0.3 is 11.1 Å². The van der Waals surface area contributed by atoms with E-state index in [4.69, 9.17) is 5.73 Å². The third-order valence-corrected chi connectivity index (χ3v) is 2.77. The number of para-hydroxylation sites is 1. The van der Waals surface area contributed by atoms with Crippen LogP contribution in [0.3, 0.4) is 0 Å². The van der Waals surface area contributed by atoms with E-state index in [2.05, 4.69) is 26.2 Å². The molecule has 0 aliphatic rings. The summed E-state index contributed by atoms with van der Waals surface area (Å²) < 4.78 is 0.816. The van der Waals surface area contributed by atoms with Crippen LogP contribution < -0.4 is 11.1 Å². The predicted molar refractivity (Wildman–Crippen MR) is 70.8 cm³/mol. The number of hydrogen-bond donors (Lipinski definition) is 2. The van der Waals surface area contributed by atoms with Gasteiger partial charge in [-0.2, -0.15) is 0 Å². The van der Waals surface area contributed by atoms with Crippen molar-refractivity contribution in [2.24, 2.45) is 0 Å². The van der Waals surface area contributed by atoms with Crippen LogP contribution in [0.5, 0.6) is 0 Å². The molecule has 0 fully saturated rings. The predicted octanol–water partition coefficient (Wildman–Crippen LogP) is 3.48. The lowest BCUT2D eigenvalue weighted by Gasteiger charge is -2.11. The highest BCUT2D eigenvalue weighted by Crippen LogP contribution is 2.26. The molecule has 2 rings (SSSR count). The Labute approximate surface area is 103 Å². The average Bonchev–Trinajstić information content (AvgIpc) is 2.26. The molecule has 0 aliphatic heterocycles. The second kappa shape index (κ2) is 4.53. The first-order chi connectivity index (χ1) is 7.66. The van der Waals surface area contributed by atoms with Gasteiger partial charge in [0.1, 0.15) is 4.60 Å². The number of pyridine rings is 1. The van der Waals surface area contributed by atoms with Crippen LogP contribution in [0.25, 0.3) is 0 Å². The Hall–Kier alpha value is -1.55. The number of halogens is 1. The van der Waals surface area contributed by atoms with Crippen molar-refractivity contribution in [3.8, 4) is 0 Å². The first-order valence-electron chi connectivity index (χ1n) is 4.90. The number of aryl methyl sites for hydroxylation is 1. The van der Waals surface area contributed by atoms with Crippen molar-refractivity contribution in [3.05, 3.63) is 46.7 Å². The molecule has 0 atom stereocenters. The summed E-state index contributed by atoms with van der Waals surface area (Å²) in [7, 11) is 0. The Bertz CT molecular complexity index is 474. The van der Waals surface area contributed by atoms with Crippen molar-refractivity contribution in [1.82, 2.24) is 4.98 Å². The quantitative estimate of drug-likeness (QED) is 0.653. The second-order valence-electron chi connectivity index (χ2n) is 3.53. The van der Waals surface area contributed by atoms with E-state index in [9.17, 15) is 0 Å². The summed E-state index contributed by atoms with van der Waals surface area (Å²) in [5, 5.41) is 3.26. The van der Waals surface area contributed by atoms with Gasteiger partial charge in [0.25, 0.3) is 0 Å². The van der Waals surface area contributed by atoms with Gasteiger partial charge in [-0.3, -0.25) is 0 Å². The monoisotopic (exact) mass is 277 g/mol. The highest BCUT2D eigenvalue weighted by Gasteiger charge is 2.02. The van der Waals surface area contributed by atoms with Gasteiger partial charge in [0, 0.05) is 0 Å². The highest BCUT2D eigenvalue weighted by molar-refractivity contribution is 9.10. The maximum absolute atomic E-state index is 5.91. The molecule has 16 heavy (non-hydrogen) atoms. The minimum atomic E-state index is 0.739. The molecule has 0 radical (unpaired) electrons. The molecule has 0 unspecified atom stereocenters. The largest absolute Gasteiger partial charge is 0.397 e. The zero-order chi connectivity index (χ0) is 11.5. The zero-order valence-electron chi connectivity index (χ0n) is 8.87. The molecule has 0 saturated carbocycles. The van der Waals surface area contributed by atoms with Crippen molar-refractivity contribution in [1.29, 1.82) is 0 Å². The molecule has 82 valence electrons. The maximum atomic E-state index is 5.91. The summed E-state index contributed by atoms with van der Waals surface area (Å²) in [6, 6.07) is 9.67. The Morgan fingerprint density at radius 3 is 2.69 bits per heavy atom. The van der Waals surface area contributed by atoms with Crippen LogP contribution in [0.4, 0.5) is 17.1 Å². The minimum Gasteiger partial charge on any atom is -0.397 e. The lowest BCUT2D eigenvalue weighted by molar-refractivity contribution is 1.27.